The number of anilines is 1. The molecular formula is C12H11N3OS. The second-order valence-electron chi connectivity index (χ2n) is 3.36. The van der Waals surface area contributed by atoms with E-state index in [4.69, 9.17) is 0 Å². The quantitative estimate of drug-likeness (QED) is 0.845. The highest BCUT2D eigenvalue weighted by Gasteiger charge is 2.02. The number of aromatic nitrogens is 2. The molecule has 1 N–H and O–H groups in total. The lowest BCUT2D eigenvalue weighted by atomic mass is 10.2. The predicted molar refractivity (Wildman–Crippen MR) is 68.8 cm³/mol. The molecule has 0 radical (unpaired) electrons. The van der Waals surface area contributed by atoms with Crippen molar-refractivity contribution in [1.29, 1.82) is 0 Å². The molecule has 17 heavy (non-hydrogen) atoms. The van der Waals surface area contributed by atoms with Gasteiger partial charge in [-0.25, -0.2) is 0 Å². The summed E-state index contributed by atoms with van der Waals surface area (Å²) in [5.41, 5.74) is 0.982. The third-order valence-electron chi connectivity index (χ3n) is 1.98. The molecule has 86 valence electrons. The van der Waals surface area contributed by atoms with E-state index in [1.54, 1.807) is 6.08 Å². The molecule has 0 saturated heterocycles. The Bertz CT molecular complexity index is 534. The van der Waals surface area contributed by atoms with E-state index in [0.717, 1.165) is 10.6 Å². The van der Waals surface area contributed by atoms with E-state index in [1.165, 1.54) is 17.4 Å². The summed E-state index contributed by atoms with van der Waals surface area (Å²) in [6.45, 7) is 1.84. The molecule has 1 heterocycles. The van der Waals surface area contributed by atoms with E-state index < -0.39 is 0 Å². The number of rotatable bonds is 3. The van der Waals surface area contributed by atoms with Gasteiger partial charge in [-0.2, -0.15) is 0 Å². The molecule has 5 heteroatoms. The summed E-state index contributed by atoms with van der Waals surface area (Å²) in [5.74, 6) is -0.204. The van der Waals surface area contributed by atoms with E-state index in [0.29, 0.717) is 5.13 Å². The van der Waals surface area contributed by atoms with Crippen LogP contribution in [0.15, 0.2) is 36.4 Å². The van der Waals surface area contributed by atoms with Gasteiger partial charge in [0, 0.05) is 6.08 Å². The maximum atomic E-state index is 11.5. The molecule has 0 atom stereocenters. The minimum Gasteiger partial charge on any atom is -0.297 e. The van der Waals surface area contributed by atoms with Gasteiger partial charge in [-0.1, -0.05) is 41.7 Å². The standard InChI is InChI=1S/C12H11N3OS/c1-9-14-15-12(17-9)13-11(16)8-7-10-5-3-2-4-6-10/h2-8H,1H3,(H,13,15,16)/b8-7+. The molecule has 0 aliphatic carbocycles. The van der Waals surface area contributed by atoms with Crippen LogP contribution in [-0.4, -0.2) is 16.1 Å². The van der Waals surface area contributed by atoms with Gasteiger partial charge < -0.3 is 0 Å². The summed E-state index contributed by atoms with van der Waals surface area (Å²) in [6, 6.07) is 9.64. The second kappa shape index (κ2) is 5.36. The summed E-state index contributed by atoms with van der Waals surface area (Å²) < 4.78 is 0. The summed E-state index contributed by atoms with van der Waals surface area (Å²) in [7, 11) is 0. The van der Waals surface area contributed by atoms with Crippen molar-refractivity contribution in [1.82, 2.24) is 10.2 Å². The number of nitrogens with zero attached hydrogens (tertiary/aromatic N) is 2. The highest BCUT2D eigenvalue weighted by molar-refractivity contribution is 7.15. The van der Waals surface area contributed by atoms with Crippen LogP contribution in [0.5, 0.6) is 0 Å². The van der Waals surface area contributed by atoms with Crippen LogP contribution >= 0.6 is 11.3 Å². The molecule has 2 rings (SSSR count). The Labute approximate surface area is 103 Å². The predicted octanol–water partition coefficient (Wildman–Crippen LogP) is 2.50. The first-order valence-electron chi connectivity index (χ1n) is 5.08. The summed E-state index contributed by atoms with van der Waals surface area (Å²) in [6.07, 6.45) is 3.23. The van der Waals surface area contributed by atoms with E-state index in [2.05, 4.69) is 15.5 Å². The Morgan fingerprint density at radius 2 is 2.06 bits per heavy atom. The van der Waals surface area contributed by atoms with Gasteiger partial charge >= 0.3 is 0 Å². The van der Waals surface area contributed by atoms with Gasteiger partial charge in [0.25, 0.3) is 0 Å². The maximum absolute atomic E-state index is 11.5. The molecule has 0 aliphatic rings. The number of carbonyl (C=O) groups excluding carboxylic acids is 1. The molecule has 0 fully saturated rings. The number of amides is 1. The van der Waals surface area contributed by atoms with Gasteiger partial charge in [0.05, 0.1) is 0 Å². The molecule has 2 aromatic rings. The Kier molecular flexibility index (Phi) is 3.62. The van der Waals surface area contributed by atoms with Gasteiger partial charge in [0.1, 0.15) is 5.01 Å². The lowest BCUT2D eigenvalue weighted by Crippen LogP contribution is -2.07. The molecule has 4 nitrogen and oxygen atoms in total. The fourth-order valence-electron chi connectivity index (χ4n) is 1.23. The lowest BCUT2D eigenvalue weighted by Gasteiger charge is -1.94. The van der Waals surface area contributed by atoms with E-state index in [1.807, 2.05) is 37.3 Å². The molecule has 0 bridgehead atoms. The highest BCUT2D eigenvalue weighted by Crippen LogP contribution is 2.13. The molecule has 0 aliphatic heterocycles. The van der Waals surface area contributed by atoms with Crippen molar-refractivity contribution in [2.45, 2.75) is 6.92 Å². The number of benzene rings is 1. The van der Waals surface area contributed by atoms with Crippen LogP contribution in [0.2, 0.25) is 0 Å². The highest BCUT2D eigenvalue weighted by atomic mass is 32.1. The maximum Gasteiger partial charge on any atom is 0.250 e. The van der Waals surface area contributed by atoms with Crippen LogP contribution in [0.25, 0.3) is 6.08 Å². The molecule has 1 aromatic heterocycles. The Morgan fingerprint density at radius 1 is 1.29 bits per heavy atom. The van der Waals surface area contributed by atoms with Gasteiger partial charge in [-0.05, 0) is 18.6 Å². The van der Waals surface area contributed by atoms with Crippen molar-refractivity contribution < 1.29 is 4.79 Å². The molecule has 0 saturated carbocycles. The van der Waals surface area contributed by atoms with Crippen LogP contribution in [0.4, 0.5) is 5.13 Å². The fraction of sp³-hybridized carbons (Fsp3) is 0.0833. The number of carbonyl (C=O) groups is 1. The van der Waals surface area contributed by atoms with E-state index >= 15 is 0 Å². The zero-order chi connectivity index (χ0) is 12.1. The van der Waals surface area contributed by atoms with Crippen molar-refractivity contribution in [2.24, 2.45) is 0 Å². The lowest BCUT2D eigenvalue weighted by molar-refractivity contribution is -0.111. The van der Waals surface area contributed by atoms with Crippen molar-refractivity contribution in [3.05, 3.63) is 47.0 Å². The average molecular weight is 245 g/mol. The van der Waals surface area contributed by atoms with Gasteiger partial charge in [0.15, 0.2) is 0 Å². The number of hydrogen-bond donors (Lipinski definition) is 1. The molecule has 0 spiro atoms. The van der Waals surface area contributed by atoms with Crippen LogP contribution in [-0.2, 0) is 4.79 Å². The van der Waals surface area contributed by atoms with Gasteiger partial charge in [0.2, 0.25) is 11.0 Å². The molecular weight excluding hydrogens is 234 g/mol. The summed E-state index contributed by atoms with van der Waals surface area (Å²) >= 11 is 1.35. The monoisotopic (exact) mass is 245 g/mol. The third kappa shape index (κ3) is 3.49. The summed E-state index contributed by atoms with van der Waals surface area (Å²) in [4.78, 5) is 11.5. The first-order chi connectivity index (χ1) is 8.24. The molecule has 0 unspecified atom stereocenters. The van der Waals surface area contributed by atoms with Crippen molar-refractivity contribution in [3.8, 4) is 0 Å². The molecule has 1 amide bonds. The zero-order valence-electron chi connectivity index (χ0n) is 9.25. The van der Waals surface area contributed by atoms with Crippen LogP contribution in [0.1, 0.15) is 10.6 Å². The van der Waals surface area contributed by atoms with Gasteiger partial charge in [-0.3, -0.25) is 10.1 Å². The number of aryl methyl sites for hydroxylation is 1. The first-order valence-corrected chi connectivity index (χ1v) is 5.90. The largest absolute Gasteiger partial charge is 0.297 e. The van der Waals surface area contributed by atoms with Crippen molar-refractivity contribution in [3.63, 3.8) is 0 Å². The van der Waals surface area contributed by atoms with Crippen LogP contribution in [0.3, 0.4) is 0 Å². The Morgan fingerprint density at radius 3 is 2.71 bits per heavy atom. The minimum atomic E-state index is -0.204. The topological polar surface area (TPSA) is 54.9 Å². The third-order valence-corrected chi connectivity index (χ3v) is 2.74. The van der Waals surface area contributed by atoms with Crippen LogP contribution in [0, 0.1) is 6.92 Å². The van der Waals surface area contributed by atoms with E-state index in [9.17, 15) is 4.79 Å². The zero-order valence-corrected chi connectivity index (χ0v) is 10.1. The van der Waals surface area contributed by atoms with E-state index in [-0.39, 0.29) is 5.91 Å². The molecule has 1 aromatic carbocycles. The summed E-state index contributed by atoms with van der Waals surface area (Å²) in [5, 5.41) is 11.6. The van der Waals surface area contributed by atoms with Crippen molar-refractivity contribution in [2.75, 3.05) is 5.32 Å². The fourth-order valence-corrected chi connectivity index (χ4v) is 1.82. The minimum absolute atomic E-state index is 0.204. The Balaban J connectivity index is 1.96. The van der Waals surface area contributed by atoms with Crippen molar-refractivity contribution >= 4 is 28.5 Å². The number of hydrogen-bond acceptors (Lipinski definition) is 4. The SMILES string of the molecule is Cc1nnc(NC(=O)/C=C/c2ccccc2)s1. The average Bonchev–Trinajstić information content (AvgIpc) is 2.73. The first kappa shape index (κ1) is 11.5. The number of nitrogens with one attached hydrogen (secondary N) is 1. The normalized spacial score (nSPS) is 10.6. The van der Waals surface area contributed by atoms with Crippen LogP contribution < -0.4 is 5.32 Å². The van der Waals surface area contributed by atoms with Gasteiger partial charge in [-0.15, -0.1) is 10.2 Å². The Hall–Kier alpha value is -2.01. The second-order valence-corrected chi connectivity index (χ2v) is 4.54. The smallest absolute Gasteiger partial charge is 0.250 e.